The fraction of sp³-hybridized carbons (Fsp3) is 0.105. The summed E-state index contributed by atoms with van der Waals surface area (Å²) in [6.45, 7) is 0.435. The van der Waals surface area contributed by atoms with Crippen molar-refractivity contribution in [1.82, 2.24) is 9.97 Å². The predicted octanol–water partition coefficient (Wildman–Crippen LogP) is 2.76. The summed E-state index contributed by atoms with van der Waals surface area (Å²) in [5.41, 5.74) is 2.61. The fourth-order valence-corrected chi connectivity index (χ4v) is 5.20. The molecule has 1 aliphatic rings. The molecule has 1 aliphatic heterocycles. The number of hydrogen-bond donors (Lipinski definition) is 2. The van der Waals surface area contributed by atoms with E-state index in [4.69, 9.17) is 0 Å². The molecule has 0 atom stereocenters. The minimum Gasteiger partial charge on any atom is -0.357 e. The molecule has 0 amide bonds. The zero-order valence-corrected chi connectivity index (χ0v) is 14.5. The van der Waals surface area contributed by atoms with Crippen molar-refractivity contribution in [3.63, 3.8) is 0 Å². The molecule has 0 saturated heterocycles. The van der Waals surface area contributed by atoms with E-state index < -0.39 is 10.0 Å². The van der Waals surface area contributed by atoms with E-state index in [1.807, 2.05) is 24.3 Å². The number of sulfonamides is 1. The van der Waals surface area contributed by atoms with Gasteiger partial charge >= 0.3 is 0 Å². The average molecular weight is 365 g/mol. The van der Waals surface area contributed by atoms with Gasteiger partial charge in [0.05, 0.1) is 10.6 Å². The summed E-state index contributed by atoms with van der Waals surface area (Å²) in [7, 11) is -3.67. The summed E-state index contributed by atoms with van der Waals surface area (Å²) in [5.74, 6) is 0. The molecule has 2 aromatic carbocycles. The van der Waals surface area contributed by atoms with Crippen LogP contribution in [0.5, 0.6) is 0 Å². The first kappa shape index (κ1) is 15.2. The molecule has 7 heteroatoms. The minimum absolute atomic E-state index is 0.219. The van der Waals surface area contributed by atoms with E-state index in [1.54, 1.807) is 30.5 Å². The first-order chi connectivity index (χ1) is 12.6. The Kier molecular flexibility index (Phi) is 3.05. The van der Waals surface area contributed by atoms with Gasteiger partial charge in [0.15, 0.2) is 0 Å². The third kappa shape index (κ3) is 2.04. The molecular formula is C19H15N3O3S. The standard InChI is InChI=1S/C19H15N3O3S/c23-19-18-14(7-9-20-18)15-11-13(5-6-16(15)21-19)26(24,25)22-10-8-12-3-1-2-4-17(12)22/h1-7,9,11,20H,8,10H2,(H,21,23). The Morgan fingerprint density at radius 2 is 1.85 bits per heavy atom. The molecule has 0 bridgehead atoms. The summed E-state index contributed by atoms with van der Waals surface area (Å²) < 4.78 is 27.9. The van der Waals surface area contributed by atoms with Crippen molar-refractivity contribution < 1.29 is 8.42 Å². The van der Waals surface area contributed by atoms with E-state index in [2.05, 4.69) is 9.97 Å². The first-order valence-electron chi connectivity index (χ1n) is 8.29. The monoisotopic (exact) mass is 365 g/mol. The molecule has 2 N–H and O–H groups in total. The van der Waals surface area contributed by atoms with Crippen LogP contribution in [0.4, 0.5) is 5.69 Å². The Balaban J connectivity index is 1.72. The van der Waals surface area contributed by atoms with Crippen molar-refractivity contribution in [3.8, 4) is 0 Å². The molecule has 2 aromatic heterocycles. The van der Waals surface area contributed by atoms with Gasteiger partial charge in [-0.1, -0.05) is 18.2 Å². The molecule has 0 saturated carbocycles. The van der Waals surface area contributed by atoms with E-state index in [9.17, 15) is 13.2 Å². The number of fused-ring (bicyclic) bond motifs is 4. The predicted molar refractivity (Wildman–Crippen MR) is 101 cm³/mol. The fourth-order valence-electron chi connectivity index (χ4n) is 3.67. The van der Waals surface area contributed by atoms with E-state index in [-0.39, 0.29) is 10.5 Å². The molecular weight excluding hydrogens is 350 g/mol. The van der Waals surface area contributed by atoms with Gasteiger partial charge in [0.2, 0.25) is 0 Å². The van der Waals surface area contributed by atoms with Crippen LogP contribution in [0.1, 0.15) is 5.56 Å². The van der Waals surface area contributed by atoms with Crippen LogP contribution < -0.4 is 9.86 Å². The zero-order valence-electron chi connectivity index (χ0n) is 13.7. The van der Waals surface area contributed by atoms with Gasteiger partial charge in [0.1, 0.15) is 5.52 Å². The SMILES string of the molecule is O=c1[nH]c2ccc(S(=O)(=O)N3CCc4ccccc43)cc2c2cc[nH]c12. The van der Waals surface area contributed by atoms with Gasteiger partial charge in [0, 0.05) is 29.0 Å². The maximum atomic E-state index is 13.2. The number of nitrogens with zero attached hydrogens (tertiary/aromatic N) is 1. The second kappa shape index (κ2) is 5.22. The molecule has 0 fully saturated rings. The summed E-state index contributed by atoms with van der Waals surface area (Å²) in [6.07, 6.45) is 2.38. The molecule has 0 spiro atoms. The summed E-state index contributed by atoms with van der Waals surface area (Å²) in [4.78, 5) is 18.0. The van der Waals surface area contributed by atoms with Gasteiger partial charge in [-0.3, -0.25) is 9.10 Å². The van der Waals surface area contributed by atoms with Crippen molar-refractivity contribution in [1.29, 1.82) is 0 Å². The van der Waals surface area contributed by atoms with Crippen molar-refractivity contribution in [2.45, 2.75) is 11.3 Å². The Bertz CT molecular complexity index is 1340. The lowest BCUT2D eigenvalue weighted by Gasteiger charge is -2.19. The highest BCUT2D eigenvalue weighted by atomic mass is 32.2. The van der Waals surface area contributed by atoms with Crippen LogP contribution >= 0.6 is 0 Å². The maximum Gasteiger partial charge on any atom is 0.272 e. The van der Waals surface area contributed by atoms with Crippen molar-refractivity contribution in [2.24, 2.45) is 0 Å². The number of nitrogens with one attached hydrogen (secondary N) is 2. The Morgan fingerprint density at radius 1 is 1.00 bits per heavy atom. The van der Waals surface area contributed by atoms with Crippen molar-refractivity contribution >= 4 is 37.5 Å². The van der Waals surface area contributed by atoms with E-state index >= 15 is 0 Å². The number of hydrogen-bond acceptors (Lipinski definition) is 3. The van der Waals surface area contributed by atoms with Crippen molar-refractivity contribution in [3.05, 3.63) is 70.6 Å². The number of benzene rings is 2. The van der Waals surface area contributed by atoms with Crippen LogP contribution in [-0.2, 0) is 16.4 Å². The quantitative estimate of drug-likeness (QED) is 0.573. The normalized spacial score (nSPS) is 14.2. The number of pyridine rings is 1. The molecule has 4 aromatic rings. The largest absolute Gasteiger partial charge is 0.357 e. The van der Waals surface area contributed by atoms with Crippen LogP contribution in [0.25, 0.3) is 21.8 Å². The first-order valence-corrected chi connectivity index (χ1v) is 9.73. The van der Waals surface area contributed by atoms with Gasteiger partial charge < -0.3 is 9.97 Å². The summed E-state index contributed by atoms with van der Waals surface area (Å²) in [5, 5.41) is 1.41. The molecule has 26 heavy (non-hydrogen) atoms. The highest BCUT2D eigenvalue weighted by Gasteiger charge is 2.30. The van der Waals surface area contributed by atoms with Crippen molar-refractivity contribution in [2.75, 3.05) is 10.8 Å². The highest BCUT2D eigenvalue weighted by Crippen LogP contribution is 2.33. The zero-order chi connectivity index (χ0) is 17.9. The van der Waals surface area contributed by atoms with E-state index in [1.165, 1.54) is 4.31 Å². The van der Waals surface area contributed by atoms with E-state index in [0.717, 1.165) is 11.3 Å². The van der Waals surface area contributed by atoms with Crippen LogP contribution in [0, 0.1) is 0 Å². The third-order valence-corrected chi connectivity index (χ3v) is 6.75. The minimum atomic E-state index is -3.67. The Hall–Kier alpha value is -3.06. The third-order valence-electron chi connectivity index (χ3n) is 4.94. The van der Waals surface area contributed by atoms with Gasteiger partial charge in [-0.25, -0.2) is 8.42 Å². The lowest BCUT2D eigenvalue weighted by atomic mass is 10.1. The summed E-state index contributed by atoms with van der Waals surface area (Å²) in [6, 6.07) is 14.2. The number of aromatic nitrogens is 2. The Labute approximate surface area is 149 Å². The molecule has 5 rings (SSSR count). The molecule has 0 radical (unpaired) electrons. The van der Waals surface area contributed by atoms with E-state index in [0.29, 0.717) is 34.8 Å². The second-order valence-electron chi connectivity index (χ2n) is 6.38. The highest BCUT2D eigenvalue weighted by molar-refractivity contribution is 7.92. The Morgan fingerprint density at radius 3 is 2.73 bits per heavy atom. The van der Waals surface area contributed by atoms with Crippen LogP contribution in [0.2, 0.25) is 0 Å². The van der Waals surface area contributed by atoms with Crippen LogP contribution in [-0.4, -0.2) is 24.9 Å². The molecule has 0 aliphatic carbocycles. The van der Waals surface area contributed by atoms with Crippen LogP contribution in [0.15, 0.2) is 64.4 Å². The number of anilines is 1. The number of rotatable bonds is 2. The molecule has 0 unspecified atom stereocenters. The average Bonchev–Trinajstić information content (AvgIpc) is 3.29. The summed E-state index contributed by atoms with van der Waals surface area (Å²) >= 11 is 0. The van der Waals surface area contributed by atoms with Gasteiger partial charge in [0.25, 0.3) is 15.6 Å². The van der Waals surface area contributed by atoms with Gasteiger partial charge in [-0.05, 0) is 42.3 Å². The molecule has 130 valence electrons. The second-order valence-corrected chi connectivity index (χ2v) is 8.25. The smallest absolute Gasteiger partial charge is 0.272 e. The molecule has 6 nitrogen and oxygen atoms in total. The number of aromatic amines is 2. The van der Waals surface area contributed by atoms with Gasteiger partial charge in [-0.15, -0.1) is 0 Å². The lowest BCUT2D eigenvalue weighted by molar-refractivity contribution is 0.592. The molecule has 3 heterocycles. The van der Waals surface area contributed by atoms with Gasteiger partial charge in [-0.2, -0.15) is 0 Å². The topological polar surface area (TPSA) is 86.0 Å². The lowest BCUT2D eigenvalue weighted by Crippen LogP contribution is -2.29. The number of H-pyrrole nitrogens is 2. The maximum absolute atomic E-state index is 13.2. The number of para-hydroxylation sites is 1. The van der Waals surface area contributed by atoms with Crippen LogP contribution in [0.3, 0.4) is 0 Å².